The molecule has 130 valence electrons. The van der Waals surface area contributed by atoms with Crippen molar-refractivity contribution >= 4 is 17.2 Å². The number of fused-ring (bicyclic) bond motifs is 1. The lowest BCUT2D eigenvalue weighted by molar-refractivity contribution is -0.140. The van der Waals surface area contributed by atoms with Crippen molar-refractivity contribution in [1.29, 1.82) is 0 Å². The maximum atomic E-state index is 12.6. The molecule has 2 aromatic heterocycles. The van der Waals surface area contributed by atoms with Crippen molar-refractivity contribution in [3.63, 3.8) is 0 Å². The summed E-state index contributed by atoms with van der Waals surface area (Å²) in [4.78, 5) is 21.6. The van der Waals surface area contributed by atoms with Gasteiger partial charge < -0.3 is 14.2 Å². The van der Waals surface area contributed by atoms with Crippen LogP contribution in [0.1, 0.15) is 45.2 Å². The van der Waals surface area contributed by atoms with Crippen molar-refractivity contribution in [2.75, 3.05) is 32.1 Å². The van der Waals surface area contributed by atoms with Crippen LogP contribution in [-0.2, 0) is 4.79 Å². The number of carbonyl (C=O) groups excluding carboxylic acids is 1. The van der Waals surface area contributed by atoms with Gasteiger partial charge in [0.1, 0.15) is 0 Å². The molecule has 24 heavy (non-hydrogen) atoms. The van der Waals surface area contributed by atoms with Crippen LogP contribution in [0.4, 0.5) is 5.82 Å². The van der Waals surface area contributed by atoms with Gasteiger partial charge in [0.2, 0.25) is 5.91 Å². The Morgan fingerprint density at radius 3 is 2.75 bits per heavy atom. The molecule has 0 radical (unpaired) electrons. The monoisotopic (exact) mass is 328 g/mol. The van der Waals surface area contributed by atoms with Crippen LogP contribution < -0.4 is 4.90 Å². The highest BCUT2D eigenvalue weighted by atomic mass is 16.2. The van der Waals surface area contributed by atoms with Crippen LogP contribution in [0.2, 0.25) is 0 Å². The fourth-order valence-electron chi connectivity index (χ4n) is 3.45. The first-order valence-electron chi connectivity index (χ1n) is 8.71. The number of anilines is 1. The highest BCUT2D eigenvalue weighted by molar-refractivity contribution is 5.81. The summed E-state index contributed by atoms with van der Waals surface area (Å²) in [6, 6.07) is 4.13. The van der Waals surface area contributed by atoms with Gasteiger partial charge in [-0.2, -0.15) is 0 Å². The lowest BCUT2D eigenvalue weighted by atomic mass is 9.90. The Morgan fingerprint density at radius 2 is 2.08 bits per heavy atom. The van der Waals surface area contributed by atoms with Crippen LogP contribution in [0.15, 0.2) is 24.5 Å². The second-order valence-electron chi connectivity index (χ2n) is 8.02. The van der Waals surface area contributed by atoms with Gasteiger partial charge in [0.25, 0.3) is 0 Å². The number of likely N-dealkylation sites (tertiary alicyclic amines) is 1. The molecule has 0 aliphatic carbocycles. The van der Waals surface area contributed by atoms with Gasteiger partial charge in [-0.3, -0.25) is 4.79 Å². The molecule has 3 heterocycles. The van der Waals surface area contributed by atoms with Crippen molar-refractivity contribution in [3.05, 3.63) is 30.2 Å². The highest BCUT2D eigenvalue weighted by Crippen LogP contribution is 2.30. The van der Waals surface area contributed by atoms with Crippen LogP contribution in [0, 0.1) is 5.41 Å². The van der Waals surface area contributed by atoms with E-state index in [9.17, 15) is 4.79 Å². The maximum absolute atomic E-state index is 12.6. The van der Waals surface area contributed by atoms with Gasteiger partial charge in [-0.1, -0.05) is 20.8 Å². The predicted octanol–water partition coefficient (Wildman–Crippen LogP) is 3.15. The van der Waals surface area contributed by atoms with Crippen molar-refractivity contribution in [1.82, 2.24) is 14.3 Å². The number of piperidine rings is 1. The van der Waals surface area contributed by atoms with Gasteiger partial charge >= 0.3 is 0 Å². The highest BCUT2D eigenvalue weighted by Gasteiger charge is 2.32. The van der Waals surface area contributed by atoms with E-state index < -0.39 is 0 Å². The molecule has 0 saturated carbocycles. The Balaban J connectivity index is 1.91. The smallest absolute Gasteiger partial charge is 0.227 e. The molecule has 0 unspecified atom stereocenters. The van der Waals surface area contributed by atoms with Gasteiger partial charge in [0.15, 0.2) is 5.82 Å². The quantitative estimate of drug-likeness (QED) is 0.850. The van der Waals surface area contributed by atoms with Gasteiger partial charge in [-0.05, 0) is 25.0 Å². The first kappa shape index (κ1) is 16.8. The van der Waals surface area contributed by atoms with E-state index in [2.05, 4.69) is 27.8 Å². The zero-order chi connectivity index (χ0) is 17.5. The van der Waals surface area contributed by atoms with Gasteiger partial charge in [-0.15, -0.1) is 0 Å². The molecule has 2 aromatic rings. The molecule has 1 atom stereocenters. The van der Waals surface area contributed by atoms with E-state index in [1.165, 1.54) is 0 Å². The van der Waals surface area contributed by atoms with Crippen molar-refractivity contribution in [2.24, 2.45) is 5.41 Å². The topological polar surface area (TPSA) is 40.9 Å². The first-order valence-corrected chi connectivity index (χ1v) is 8.71. The summed E-state index contributed by atoms with van der Waals surface area (Å²) in [6.07, 6.45) is 6.31. The minimum atomic E-state index is -0.325. The number of nitrogens with zero attached hydrogens (tertiary/aromatic N) is 4. The fraction of sp³-hybridized carbons (Fsp3) is 0.579. The molecule has 3 rings (SSSR count). The van der Waals surface area contributed by atoms with Gasteiger partial charge in [0, 0.05) is 50.9 Å². The minimum absolute atomic E-state index is 0.238. The second-order valence-corrected chi connectivity index (χ2v) is 8.02. The van der Waals surface area contributed by atoms with Crippen LogP contribution in [0.25, 0.3) is 5.52 Å². The van der Waals surface area contributed by atoms with E-state index in [0.717, 1.165) is 43.0 Å². The Hall–Kier alpha value is -2.04. The van der Waals surface area contributed by atoms with E-state index in [1.54, 1.807) is 0 Å². The molecule has 1 fully saturated rings. The summed E-state index contributed by atoms with van der Waals surface area (Å²) < 4.78 is 2.14. The third-order valence-electron chi connectivity index (χ3n) is 4.71. The van der Waals surface area contributed by atoms with E-state index in [0.29, 0.717) is 5.92 Å². The second kappa shape index (κ2) is 6.11. The standard InChI is InChI=1S/C19H28N4O/c1-19(2,3)18(24)23-11-6-8-14(12-23)15-13-22-10-7-9-16(22)17(20-15)21(4)5/h7,9-10,13-14H,6,8,11-12H2,1-5H3/t14-/m0/s1. The summed E-state index contributed by atoms with van der Waals surface area (Å²) in [6.45, 7) is 7.61. The summed E-state index contributed by atoms with van der Waals surface area (Å²) in [5.41, 5.74) is 1.87. The van der Waals surface area contributed by atoms with Gasteiger partial charge in [0.05, 0.1) is 11.2 Å². The molecular weight excluding hydrogens is 300 g/mol. The average molecular weight is 328 g/mol. The van der Waals surface area contributed by atoms with Crippen molar-refractivity contribution in [2.45, 2.75) is 39.5 Å². The average Bonchev–Trinajstić information content (AvgIpc) is 3.00. The molecule has 5 heteroatoms. The number of hydrogen-bond donors (Lipinski definition) is 0. The Labute approximate surface area is 144 Å². The van der Waals surface area contributed by atoms with Crippen LogP contribution in [0.5, 0.6) is 0 Å². The minimum Gasteiger partial charge on any atom is -0.361 e. The molecule has 0 aromatic carbocycles. The molecule has 0 N–H and O–H groups in total. The molecule has 0 bridgehead atoms. The van der Waals surface area contributed by atoms with Crippen molar-refractivity contribution < 1.29 is 4.79 Å². The summed E-state index contributed by atoms with van der Waals surface area (Å²) in [5, 5.41) is 0. The molecular formula is C19H28N4O. The van der Waals surface area contributed by atoms with E-state index >= 15 is 0 Å². The maximum Gasteiger partial charge on any atom is 0.227 e. The Morgan fingerprint density at radius 1 is 1.33 bits per heavy atom. The summed E-state index contributed by atoms with van der Waals surface area (Å²) in [7, 11) is 4.05. The number of amides is 1. The third-order valence-corrected chi connectivity index (χ3v) is 4.71. The predicted molar refractivity (Wildman–Crippen MR) is 97.5 cm³/mol. The summed E-state index contributed by atoms with van der Waals surface area (Å²) >= 11 is 0. The normalized spacial score (nSPS) is 18.9. The summed E-state index contributed by atoms with van der Waals surface area (Å²) in [5.74, 6) is 1.52. The van der Waals surface area contributed by atoms with Crippen LogP contribution in [0.3, 0.4) is 0 Å². The Bertz CT molecular complexity index is 741. The lowest BCUT2D eigenvalue weighted by Crippen LogP contribution is -2.44. The first-order chi connectivity index (χ1) is 11.3. The number of aromatic nitrogens is 2. The number of carbonyl (C=O) groups is 1. The molecule has 0 spiro atoms. The van der Waals surface area contributed by atoms with Crippen molar-refractivity contribution in [3.8, 4) is 0 Å². The third kappa shape index (κ3) is 3.12. The number of hydrogen-bond acceptors (Lipinski definition) is 3. The molecule has 5 nitrogen and oxygen atoms in total. The largest absolute Gasteiger partial charge is 0.361 e. The SMILES string of the molecule is CN(C)c1nc([C@H]2CCCN(C(=O)C(C)(C)C)C2)cn2cccc12. The van der Waals surface area contributed by atoms with E-state index in [1.807, 2.05) is 45.8 Å². The fourth-order valence-corrected chi connectivity index (χ4v) is 3.45. The van der Waals surface area contributed by atoms with E-state index in [4.69, 9.17) is 4.98 Å². The van der Waals surface area contributed by atoms with E-state index in [-0.39, 0.29) is 11.3 Å². The zero-order valence-electron chi connectivity index (χ0n) is 15.4. The molecule has 1 aliphatic heterocycles. The van der Waals surface area contributed by atoms with Crippen LogP contribution >= 0.6 is 0 Å². The Kier molecular flexibility index (Phi) is 4.28. The molecule has 1 amide bonds. The molecule has 1 aliphatic rings. The number of rotatable bonds is 2. The molecule has 1 saturated heterocycles. The van der Waals surface area contributed by atoms with Crippen LogP contribution in [-0.4, -0.2) is 47.4 Å². The van der Waals surface area contributed by atoms with Gasteiger partial charge in [-0.25, -0.2) is 4.98 Å². The zero-order valence-corrected chi connectivity index (χ0v) is 15.4. The lowest BCUT2D eigenvalue weighted by Gasteiger charge is -2.36.